The zero-order valence-electron chi connectivity index (χ0n) is 11.6. The van der Waals surface area contributed by atoms with Crippen molar-refractivity contribution in [3.05, 3.63) is 35.4 Å². The molecule has 112 valence electrons. The van der Waals surface area contributed by atoms with Gasteiger partial charge in [0.1, 0.15) is 38.2 Å². The summed E-state index contributed by atoms with van der Waals surface area (Å²) < 4.78 is 27.6. The van der Waals surface area contributed by atoms with Crippen molar-refractivity contribution in [3.8, 4) is 0 Å². The Bertz CT molecular complexity index is 571. The van der Waals surface area contributed by atoms with E-state index in [9.17, 15) is 13.6 Å². The lowest BCUT2D eigenvalue weighted by Gasteiger charge is -2.60. The number of Topliss-reactive ketones (excluding diaryl/α,β-unsaturated/α-hetero) is 1. The van der Waals surface area contributed by atoms with Gasteiger partial charge in [-0.25, -0.2) is 23.5 Å². The number of carbonyl (C=O) groups is 1. The third-order valence-corrected chi connectivity index (χ3v) is 4.41. The minimum atomic E-state index is -0.642. The molecule has 0 aromatic heterocycles. The average Bonchev–Trinajstić information content (AvgIpc) is 2.39. The van der Waals surface area contributed by atoms with E-state index in [1.54, 1.807) is 0 Å². The summed E-state index contributed by atoms with van der Waals surface area (Å²) >= 11 is 0. The van der Waals surface area contributed by atoms with Crippen LogP contribution in [0, 0.1) is 11.6 Å². The maximum absolute atomic E-state index is 13.8. The monoisotopic (exact) mass is 295 g/mol. The summed E-state index contributed by atoms with van der Waals surface area (Å²) in [6.45, 7) is 5.40. The number of nitrogens with zero attached hydrogens (tertiary/aromatic N) is 4. The molecule has 4 aliphatic rings. The minimum absolute atomic E-state index is 0.135. The topological polar surface area (TPSA) is 26.8 Å². The average molecular weight is 295 g/mol. The van der Waals surface area contributed by atoms with Crippen molar-refractivity contribution < 1.29 is 18.1 Å². The Labute approximate surface area is 121 Å². The number of hydrogen-bond donors (Lipinski definition) is 0. The third-order valence-electron chi connectivity index (χ3n) is 4.41. The van der Waals surface area contributed by atoms with Crippen LogP contribution in [0.1, 0.15) is 10.4 Å². The van der Waals surface area contributed by atoms with Crippen molar-refractivity contribution in [3.63, 3.8) is 0 Å². The summed E-state index contributed by atoms with van der Waals surface area (Å²) in [6.07, 6.45) is 0. The van der Waals surface area contributed by atoms with Gasteiger partial charge in [0.05, 0.1) is 25.6 Å². The van der Waals surface area contributed by atoms with Crippen LogP contribution in [0.2, 0.25) is 0 Å². The smallest absolute Gasteiger partial charge is 0.220 e. The van der Waals surface area contributed by atoms with E-state index in [4.69, 9.17) is 0 Å². The molecule has 0 spiro atoms. The van der Waals surface area contributed by atoms with Gasteiger partial charge in [-0.3, -0.25) is 9.28 Å². The molecule has 5 nitrogen and oxygen atoms in total. The first kappa shape index (κ1) is 13.3. The van der Waals surface area contributed by atoms with Crippen molar-refractivity contribution in [2.75, 3.05) is 46.6 Å². The highest BCUT2D eigenvalue weighted by Crippen LogP contribution is 2.29. The fourth-order valence-electron chi connectivity index (χ4n) is 3.91. The largest absolute Gasteiger partial charge is 0.288 e. The number of quaternary nitrogens is 1. The van der Waals surface area contributed by atoms with Crippen LogP contribution in [-0.4, -0.2) is 71.5 Å². The van der Waals surface area contributed by atoms with Crippen LogP contribution >= 0.6 is 0 Å². The lowest BCUT2D eigenvalue weighted by atomic mass is 10.1. The standard InChI is InChI=1S/C14H17F2N4O/c15-11-1-2-13(16)12(3-11)14(21)4-20-8-17-5-18(9-20)7-19(6-17)10-20/h1-3H,4-10H2/q+1. The van der Waals surface area contributed by atoms with E-state index in [0.29, 0.717) is 4.48 Å². The van der Waals surface area contributed by atoms with Crippen molar-refractivity contribution in [1.82, 2.24) is 14.7 Å². The molecule has 4 heterocycles. The molecule has 0 atom stereocenters. The molecule has 4 aliphatic heterocycles. The number of hydrogen-bond acceptors (Lipinski definition) is 4. The van der Waals surface area contributed by atoms with Crippen LogP contribution in [0.4, 0.5) is 8.78 Å². The highest BCUT2D eigenvalue weighted by molar-refractivity contribution is 5.97. The SMILES string of the molecule is O=C(C[N+]12CN3CN(CN(C3)C1)C2)c1cc(F)ccc1F. The van der Waals surface area contributed by atoms with Crippen molar-refractivity contribution >= 4 is 5.78 Å². The molecule has 1 aromatic carbocycles. The van der Waals surface area contributed by atoms with Gasteiger partial charge in [0.15, 0.2) is 0 Å². The molecule has 0 N–H and O–H groups in total. The van der Waals surface area contributed by atoms with E-state index < -0.39 is 11.6 Å². The number of carbonyl (C=O) groups excluding carboxylic acids is 1. The first-order valence-corrected chi connectivity index (χ1v) is 7.03. The molecular weight excluding hydrogens is 278 g/mol. The summed E-state index contributed by atoms with van der Waals surface area (Å²) in [5.74, 6) is -1.54. The summed E-state index contributed by atoms with van der Waals surface area (Å²) in [5, 5.41) is 0. The summed E-state index contributed by atoms with van der Waals surface area (Å²) in [5.41, 5.74) is -0.135. The van der Waals surface area contributed by atoms with Crippen LogP contribution in [0.15, 0.2) is 18.2 Å². The Morgan fingerprint density at radius 2 is 1.62 bits per heavy atom. The molecule has 4 saturated heterocycles. The lowest BCUT2D eigenvalue weighted by Crippen LogP contribution is -2.79. The molecule has 5 rings (SSSR count). The maximum atomic E-state index is 13.8. The molecule has 0 saturated carbocycles. The predicted molar refractivity (Wildman–Crippen MR) is 70.5 cm³/mol. The molecule has 0 aliphatic carbocycles. The van der Waals surface area contributed by atoms with E-state index >= 15 is 0 Å². The zero-order valence-corrected chi connectivity index (χ0v) is 11.6. The van der Waals surface area contributed by atoms with Crippen molar-refractivity contribution in [2.45, 2.75) is 0 Å². The molecule has 4 bridgehead atoms. The van der Waals surface area contributed by atoms with Crippen molar-refractivity contribution in [2.24, 2.45) is 0 Å². The van der Waals surface area contributed by atoms with E-state index in [-0.39, 0.29) is 17.9 Å². The second-order valence-electron chi connectivity index (χ2n) is 6.41. The van der Waals surface area contributed by atoms with Gasteiger partial charge >= 0.3 is 0 Å². The van der Waals surface area contributed by atoms with Crippen molar-refractivity contribution in [1.29, 1.82) is 0 Å². The second kappa shape index (κ2) is 4.54. The van der Waals surface area contributed by atoms with Gasteiger partial charge < -0.3 is 0 Å². The summed E-state index contributed by atoms with van der Waals surface area (Å²) in [6, 6.07) is 3.06. The number of halogens is 2. The zero-order chi connectivity index (χ0) is 14.6. The van der Waals surface area contributed by atoms with E-state index in [1.807, 2.05) is 0 Å². The second-order valence-corrected chi connectivity index (χ2v) is 6.41. The van der Waals surface area contributed by atoms with Crippen LogP contribution in [0.3, 0.4) is 0 Å². The van der Waals surface area contributed by atoms with Crippen LogP contribution in [0.5, 0.6) is 0 Å². The fourth-order valence-corrected chi connectivity index (χ4v) is 3.91. The van der Waals surface area contributed by atoms with Gasteiger partial charge in [0.25, 0.3) is 0 Å². The first-order valence-electron chi connectivity index (χ1n) is 7.03. The number of rotatable bonds is 3. The van der Waals surface area contributed by atoms with Gasteiger partial charge in [-0.15, -0.1) is 0 Å². The van der Waals surface area contributed by atoms with Crippen LogP contribution < -0.4 is 0 Å². The Hall–Kier alpha value is -1.41. The Morgan fingerprint density at radius 1 is 1.05 bits per heavy atom. The van der Waals surface area contributed by atoms with Crippen LogP contribution in [-0.2, 0) is 0 Å². The number of ketones is 1. The van der Waals surface area contributed by atoms with Gasteiger partial charge in [0, 0.05) is 0 Å². The Morgan fingerprint density at radius 3 is 2.19 bits per heavy atom. The molecule has 4 fully saturated rings. The van der Waals surface area contributed by atoms with Gasteiger partial charge in [-0.05, 0) is 18.2 Å². The summed E-state index contributed by atoms with van der Waals surface area (Å²) in [4.78, 5) is 19.3. The first-order chi connectivity index (χ1) is 10.0. The molecular formula is C14H17F2N4O+. The highest BCUT2D eigenvalue weighted by atomic mass is 19.1. The Balaban J connectivity index is 1.58. The third kappa shape index (κ3) is 2.26. The highest BCUT2D eigenvalue weighted by Gasteiger charge is 2.49. The lowest BCUT2D eigenvalue weighted by molar-refractivity contribution is -0.973. The normalized spacial score (nSPS) is 37.0. The molecule has 21 heavy (non-hydrogen) atoms. The van der Waals surface area contributed by atoms with E-state index in [2.05, 4.69) is 14.7 Å². The molecule has 7 heteroatoms. The quantitative estimate of drug-likeness (QED) is 0.604. The van der Waals surface area contributed by atoms with Crippen LogP contribution in [0.25, 0.3) is 0 Å². The van der Waals surface area contributed by atoms with Gasteiger partial charge in [-0.1, -0.05) is 0 Å². The summed E-state index contributed by atoms with van der Waals surface area (Å²) in [7, 11) is 0. The van der Waals surface area contributed by atoms with Gasteiger partial charge in [0.2, 0.25) is 5.78 Å². The fraction of sp³-hybridized carbons (Fsp3) is 0.500. The van der Waals surface area contributed by atoms with E-state index in [0.717, 1.165) is 58.2 Å². The molecule has 0 unspecified atom stereocenters. The molecule has 1 aromatic rings. The Kier molecular flexibility index (Phi) is 2.87. The predicted octanol–water partition coefficient (Wildman–Crippen LogP) is 0.656. The molecule has 0 radical (unpaired) electrons. The van der Waals surface area contributed by atoms with E-state index in [1.165, 1.54) is 0 Å². The van der Waals surface area contributed by atoms with Gasteiger partial charge in [-0.2, -0.15) is 0 Å². The number of benzene rings is 1. The maximum Gasteiger partial charge on any atom is 0.220 e. The minimum Gasteiger partial charge on any atom is -0.288 e. The molecule has 0 amide bonds.